The summed E-state index contributed by atoms with van der Waals surface area (Å²) in [7, 11) is 0. The zero-order valence-corrected chi connectivity index (χ0v) is 16.7. The molecule has 28 heavy (non-hydrogen) atoms. The fourth-order valence-corrected chi connectivity index (χ4v) is 3.87. The Morgan fingerprint density at radius 2 is 1.79 bits per heavy atom. The summed E-state index contributed by atoms with van der Waals surface area (Å²) in [4.78, 5) is 11.9. The lowest BCUT2D eigenvalue weighted by molar-refractivity contribution is -0.169. The molecule has 0 unspecified atom stereocenters. The summed E-state index contributed by atoms with van der Waals surface area (Å²) in [6.45, 7) is 6.28. The second-order valence-electron chi connectivity index (χ2n) is 7.53. The number of benzene rings is 1. The minimum absolute atomic E-state index is 0.368. The Kier molecular flexibility index (Phi) is 6.07. The lowest BCUT2D eigenvalue weighted by atomic mass is 10.0. The van der Waals surface area contributed by atoms with E-state index in [1.165, 1.54) is 12.8 Å². The van der Waals surface area contributed by atoms with Crippen LogP contribution < -0.4 is 10.2 Å². The average molecular weight is 383 g/mol. The number of rotatable bonds is 7. The van der Waals surface area contributed by atoms with Crippen LogP contribution in [0, 0.1) is 0 Å². The van der Waals surface area contributed by atoms with Crippen molar-refractivity contribution in [2.24, 2.45) is 0 Å². The van der Waals surface area contributed by atoms with E-state index in [1.807, 2.05) is 18.2 Å². The first kappa shape index (κ1) is 19.2. The van der Waals surface area contributed by atoms with Gasteiger partial charge in [-0.25, -0.2) is 4.98 Å². The fraction of sp³-hybridized carbons (Fsp3) is 0.545. The van der Waals surface area contributed by atoms with E-state index in [9.17, 15) is 0 Å². The molecule has 0 bridgehead atoms. The number of anilines is 2. The van der Waals surface area contributed by atoms with Crippen molar-refractivity contribution in [2.45, 2.75) is 44.8 Å². The molecule has 1 aromatic carbocycles. The Labute approximate surface area is 167 Å². The van der Waals surface area contributed by atoms with Crippen LogP contribution in [-0.4, -0.2) is 48.6 Å². The molecule has 2 fully saturated rings. The third-order valence-corrected chi connectivity index (χ3v) is 5.51. The molecule has 2 aliphatic rings. The van der Waals surface area contributed by atoms with Crippen LogP contribution in [0.5, 0.6) is 0 Å². The predicted molar refractivity (Wildman–Crippen MR) is 112 cm³/mol. The van der Waals surface area contributed by atoms with Crippen molar-refractivity contribution in [2.75, 3.05) is 43.1 Å². The molecule has 6 nitrogen and oxygen atoms in total. The van der Waals surface area contributed by atoms with Crippen LogP contribution in [0.3, 0.4) is 0 Å². The molecular weight excluding hydrogens is 352 g/mol. The smallest absolute Gasteiger partial charge is 0.225 e. The van der Waals surface area contributed by atoms with Crippen LogP contribution in [0.4, 0.5) is 11.8 Å². The molecule has 0 atom stereocenters. The maximum Gasteiger partial charge on any atom is 0.225 e. The maximum atomic E-state index is 5.86. The topological polar surface area (TPSA) is 59.5 Å². The van der Waals surface area contributed by atoms with Crippen LogP contribution in [0.15, 0.2) is 36.4 Å². The first-order chi connectivity index (χ1) is 13.8. The highest BCUT2D eigenvalue weighted by atomic mass is 16.7. The number of piperidine rings is 1. The van der Waals surface area contributed by atoms with Gasteiger partial charge in [0, 0.05) is 44.1 Å². The number of hydrogen-bond acceptors (Lipinski definition) is 6. The van der Waals surface area contributed by atoms with Gasteiger partial charge in [0.1, 0.15) is 5.82 Å². The molecule has 1 N–H and O–H groups in total. The van der Waals surface area contributed by atoms with Gasteiger partial charge >= 0.3 is 0 Å². The van der Waals surface area contributed by atoms with Crippen LogP contribution in [-0.2, 0) is 9.47 Å². The van der Waals surface area contributed by atoms with Gasteiger partial charge in [0.15, 0.2) is 5.79 Å². The molecule has 6 heteroatoms. The number of nitrogens with zero attached hydrogens (tertiary/aromatic N) is 3. The summed E-state index contributed by atoms with van der Waals surface area (Å²) >= 11 is 0. The van der Waals surface area contributed by atoms with Gasteiger partial charge in [-0.15, -0.1) is 0 Å². The zero-order valence-electron chi connectivity index (χ0n) is 16.7. The molecule has 3 heterocycles. The van der Waals surface area contributed by atoms with Gasteiger partial charge in [-0.1, -0.05) is 50.1 Å². The standard InChI is InChI=1S/C22H30N4O2/c1-2-3-7-12-23-21-24-19(18-8-5-4-6-9-18)17-20(25-21)26-13-10-22(11-14-26)27-15-16-28-22/h4-6,8-9,17H,2-3,7,10-16H2,1H3,(H,23,24,25). The molecular formula is C22H30N4O2. The first-order valence-corrected chi connectivity index (χ1v) is 10.5. The van der Waals surface area contributed by atoms with E-state index in [-0.39, 0.29) is 5.79 Å². The van der Waals surface area contributed by atoms with Gasteiger partial charge in [0.05, 0.1) is 18.9 Å². The largest absolute Gasteiger partial charge is 0.356 e. The quantitative estimate of drug-likeness (QED) is 0.728. The van der Waals surface area contributed by atoms with E-state index in [4.69, 9.17) is 19.4 Å². The molecule has 0 aliphatic carbocycles. The third-order valence-electron chi connectivity index (χ3n) is 5.51. The lowest BCUT2D eigenvalue weighted by Gasteiger charge is -2.38. The molecule has 0 saturated carbocycles. The Balaban J connectivity index is 1.53. The molecule has 4 rings (SSSR count). The first-order valence-electron chi connectivity index (χ1n) is 10.5. The van der Waals surface area contributed by atoms with Crippen molar-refractivity contribution < 1.29 is 9.47 Å². The Morgan fingerprint density at radius 3 is 2.50 bits per heavy atom. The van der Waals surface area contributed by atoms with Crippen LogP contribution >= 0.6 is 0 Å². The van der Waals surface area contributed by atoms with Crippen molar-refractivity contribution in [3.05, 3.63) is 36.4 Å². The Bertz CT molecular complexity index is 752. The van der Waals surface area contributed by atoms with Gasteiger partial charge in [0.25, 0.3) is 0 Å². The van der Waals surface area contributed by atoms with Crippen LogP contribution in [0.25, 0.3) is 11.3 Å². The second-order valence-corrected chi connectivity index (χ2v) is 7.53. The van der Waals surface area contributed by atoms with E-state index in [1.54, 1.807) is 0 Å². The normalized spacial score (nSPS) is 18.5. The van der Waals surface area contributed by atoms with E-state index >= 15 is 0 Å². The highest BCUT2D eigenvalue weighted by Gasteiger charge is 2.40. The van der Waals surface area contributed by atoms with Crippen molar-refractivity contribution in [3.8, 4) is 11.3 Å². The molecule has 0 radical (unpaired) electrons. The predicted octanol–water partition coefficient (Wildman–Crippen LogP) is 4.09. The number of ether oxygens (including phenoxy) is 2. The SMILES string of the molecule is CCCCCNc1nc(-c2ccccc2)cc(N2CCC3(CC2)OCCO3)n1. The minimum Gasteiger partial charge on any atom is -0.356 e. The summed E-state index contributed by atoms with van der Waals surface area (Å²) in [5.41, 5.74) is 2.07. The van der Waals surface area contributed by atoms with Gasteiger partial charge < -0.3 is 19.7 Å². The molecule has 2 aromatic rings. The highest BCUT2D eigenvalue weighted by Crippen LogP contribution is 2.33. The van der Waals surface area contributed by atoms with Gasteiger partial charge in [0.2, 0.25) is 5.95 Å². The van der Waals surface area contributed by atoms with Gasteiger partial charge in [-0.3, -0.25) is 0 Å². The minimum atomic E-state index is -0.368. The highest BCUT2D eigenvalue weighted by molar-refractivity contribution is 5.64. The zero-order chi connectivity index (χ0) is 19.2. The van der Waals surface area contributed by atoms with Crippen LogP contribution in [0.2, 0.25) is 0 Å². The van der Waals surface area contributed by atoms with Crippen LogP contribution in [0.1, 0.15) is 39.0 Å². The molecule has 0 amide bonds. The number of aromatic nitrogens is 2. The molecule has 150 valence electrons. The maximum absolute atomic E-state index is 5.86. The van der Waals surface area contributed by atoms with Gasteiger partial charge in [-0.2, -0.15) is 4.98 Å². The Hall–Kier alpha value is -2.18. The number of hydrogen-bond donors (Lipinski definition) is 1. The van der Waals surface area contributed by atoms with Crippen molar-refractivity contribution >= 4 is 11.8 Å². The number of nitrogens with one attached hydrogen (secondary N) is 1. The summed E-state index contributed by atoms with van der Waals surface area (Å²) in [6.07, 6.45) is 5.30. The molecule has 1 spiro atoms. The molecule has 2 saturated heterocycles. The fourth-order valence-electron chi connectivity index (χ4n) is 3.87. The van der Waals surface area contributed by atoms with Crippen molar-refractivity contribution in [1.82, 2.24) is 9.97 Å². The lowest BCUT2D eigenvalue weighted by Crippen LogP contribution is -2.45. The Morgan fingerprint density at radius 1 is 1.04 bits per heavy atom. The average Bonchev–Trinajstić information content (AvgIpc) is 3.20. The summed E-state index contributed by atoms with van der Waals surface area (Å²) < 4.78 is 11.7. The number of unbranched alkanes of at least 4 members (excludes halogenated alkanes) is 2. The van der Waals surface area contributed by atoms with Crippen molar-refractivity contribution in [3.63, 3.8) is 0 Å². The monoisotopic (exact) mass is 382 g/mol. The van der Waals surface area contributed by atoms with E-state index in [0.717, 1.165) is 56.0 Å². The summed E-state index contributed by atoms with van der Waals surface area (Å²) in [6, 6.07) is 12.4. The van der Waals surface area contributed by atoms with Crippen molar-refractivity contribution in [1.29, 1.82) is 0 Å². The molecule has 2 aliphatic heterocycles. The second kappa shape index (κ2) is 8.88. The van der Waals surface area contributed by atoms with E-state index < -0.39 is 0 Å². The van der Waals surface area contributed by atoms with Gasteiger partial charge in [-0.05, 0) is 6.42 Å². The summed E-state index contributed by atoms with van der Waals surface area (Å²) in [5.74, 6) is 1.31. The third kappa shape index (κ3) is 4.45. The van der Waals surface area contributed by atoms with E-state index in [2.05, 4.69) is 35.3 Å². The van der Waals surface area contributed by atoms with E-state index in [0.29, 0.717) is 19.2 Å². The molecule has 1 aromatic heterocycles. The summed E-state index contributed by atoms with van der Waals surface area (Å²) in [5, 5.41) is 3.42.